The molecule has 2 rings (SSSR count). The van der Waals surface area contributed by atoms with Gasteiger partial charge < -0.3 is 9.64 Å². The zero-order valence-corrected chi connectivity index (χ0v) is 11.8. The summed E-state index contributed by atoms with van der Waals surface area (Å²) in [7, 11) is 3.21. The van der Waals surface area contributed by atoms with E-state index in [2.05, 4.69) is 19.7 Å². The number of carbonyl (C=O) groups excluding carboxylic acids is 1. The van der Waals surface area contributed by atoms with E-state index in [1.807, 2.05) is 24.4 Å². The fourth-order valence-electron chi connectivity index (χ4n) is 1.52. The third kappa shape index (κ3) is 3.05. The average molecular weight is 278 g/mol. The number of ether oxygens (including phenoxy) is 1. The van der Waals surface area contributed by atoms with Crippen LogP contribution in [0.1, 0.15) is 21.1 Å². The number of aromatic nitrogens is 3. The number of anilines is 1. The zero-order valence-electron chi connectivity index (χ0n) is 11.0. The van der Waals surface area contributed by atoms with Crippen LogP contribution in [-0.2, 0) is 11.3 Å². The molecule has 0 saturated heterocycles. The molecular weight excluding hydrogens is 264 g/mol. The standard InChI is InChI=1S/C12H14N4O2S/c1-8-10(19-7-14-8)6-16(2)11-5-13-4-9(15-11)12(17)18-3/h4-5,7H,6H2,1-3H3. The van der Waals surface area contributed by atoms with E-state index in [0.717, 1.165) is 10.6 Å². The molecule has 0 radical (unpaired) electrons. The van der Waals surface area contributed by atoms with Gasteiger partial charge in [-0.25, -0.2) is 14.8 Å². The lowest BCUT2D eigenvalue weighted by atomic mass is 10.3. The molecule has 0 fully saturated rings. The van der Waals surface area contributed by atoms with Gasteiger partial charge in [0.05, 0.1) is 37.3 Å². The lowest BCUT2D eigenvalue weighted by Gasteiger charge is -2.17. The molecule has 0 aliphatic heterocycles. The summed E-state index contributed by atoms with van der Waals surface area (Å²) < 4.78 is 4.63. The molecule has 19 heavy (non-hydrogen) atoms. The Kier molecular flexibility index (Phi) is 4.06. The summed E-state index contributed by atoms with van der Waals surface area (Å²) in [5.41, 5.74) is 3.02. The molecule has 0 atom stereocenters. The largest absolute Gasteiger partial charge is 0.464 e. The van der Waals surface area contributed by atoms with E-state index in [9.17, 15) is 4.79 Å². The predicted molar refractivity (Wildman–Crippen MR) is 72.3 cm³/mol. The second-order valence-electron chi connectivity index (χ2n) is 3.97. The van der Waals surface area contributed by atoms with Crippen LogP contribution >= 0.6 is 11.3 Å². The molecular formula is C12H14N4O2S. The minimum absolute atomic E-state index is 0.202. The van der Waals surface area contributed by atoms with Gasteiger partial charge in [-0.3, -0.25) is 4.98 Å². The number of nitrogens with zero attached hydrogens (tertiary/aromatic N) is 4. The molecule has 2 aromatic rings. The summed E-state index contributed by atoms with van der Waals surface area (Å²) in [6.07, 6.45) is 3.00. The number of carbonyl (C=O) groups is 1. The molecule has 6 nitrogen and oxygen atoms in total. The lowest BCUT2D eigenvalue weighted by molar-refractivity contribution is 0.0593. The third-order valence-corrected chi connectivity index (χ3v) is 3.55. The minimum atomic E-state index is -0.489. The van der Waals surface area contributed by atoms with Crippen LogP contribution in [0.2, 0.25) is 0 Å². The maximum Gasteiger partial charge on any atom is 0.358 e. The van der Waals surface area contributed by atoms with E-state index in [-0.39, 0.29) is 5.69 Å². The van der Waals surface area contributed by atoms with Gasteiger partial charge in [-0.1, -0.05) is 0 Å². The maximum atomic E-state index is 11.4. The van der Waals surface area contributed by atoms with Crippen LogP contribution in [0.25, 0.3) is 0 Å². The van der Waals surface area contributed by atoms with Crippen LogP contribution in [0.3, 0.4) is 0 Å². The van der Waals surface area contributed by atoms with E-state index in [1.54, 1.807) is 17.5 Å². The van der Waals surface area contributed by atoms with Crippen molar-refractivity contribution in [2.75, 3.05) is 19.1 Å². The van der Waals surface area contributed by atoms with Crippen LogP contribution in [0.4, 0.5) is 5.82 Å². The van der Waals surface area contributed by atoms with Crippen LogP contribution in [0.15, 0.2) is 17.9 Å². The summed E-state index contributed by atoms with van der Waals surface area (Å²) in [4.78, 5) is 26.9. The highest BCUT2D eigenvalue weighted by Gasteiger charge is 2.12. The highest BCUT2D eigenvalue weighted by Crippen LogP contribution is 2.17. The van der Waals surface area contributed by atoms with Crippen LogP contribution in [-0.4, -0.2) is 35.1 Å². The Morgan fingerprint density at radius 3 is 2.89 bits per heavy atom. The molecule has 0 amide bonds. The Labute approximate surface area is 115 Å². The number of rotatable bonds is 4. The fourth-order valence-corrected chi connectivity index (χ4v) is 2.35. The molecule has 0 aliphatic rings. The number of hydrogen-bond acceptors (Lipinski definition) is 7. The first kappa shape index (κ1) is 13.4. The zero-order chi connectivity index (χ0) is 13.8. The molecule has 7 heteroatoms. The van der Waals surface area contributed by atoms with Crippen molar-refractivity contribution in [2.45, 2.75) is 13.5 Å². The normalized spacial score (nSPS) is 10.3. The van der Waals surface area contributed by atoms with Crippen molar-refractivity contribution in [3.05, 3.63) is 34.2 Å². The number of thiazole rings is 1. The Morgan fingerprint density at radius 2 is 2.26 bits per heavy atom. The van der Waals surface area contributed by atoms with Gasteiger partial charge in [0.2, 0.25) is 0 Å². The molecule has 0 saturated carbocycles. The summed E-state index contributed by atoms with van der Waals surface area (Å²) in [6, 6.07) is 0. The molecule has 0 spiro atoms. The van der Waals surface area contributed by atoms with Crippen LogP contribution < -0.4 is 4.90 Å². The van der Waals surface area contributed by atoms with Gasteiger partial charge in [0.25, 0.3) is 0 Å². The second-order valence-corrected chi connectivity index (χ2v) is 4.91. The summed E-state index contributed by atoms with van der Waals surface area (Å²) in [5, 5.41) is 0. The van der Waals surface area contributed by atoms with Gasteiger partial charge in [-0.05, 0) is 6.92 Å². The van der Waals surface area contributed by atoms with Gasteiger partial charge >= 0.3 is 5.97 Å². The average Bonchev–Trinajstić information content (AvgIpc) is 2.83. The second kappa shape index (κ2) is 5.75. The number of esters is 1. The van der Waals surface area contributed by atoms with E-state index in [1.165, 1.54) is 13.3 Å². The topological polar surface area (TPSA) is 68.2 Å². The van der Waals surface area contributed by atoms with Gasteiger partial charge in [-0.2, -0.15) is 0 Å². The van der Waals surface area contributed by atoms with Crippen molar-refractivity contribution in [1.82, 2.24) is 15.0 Å². The number of aryl methyl sites for hydroxylation is 1. The molecule has 0 aliphatic carbocycles. The van der Waals surface area contributed by atoms with Crippen molar-refractivity contribution in [3.8, 4) is 0 Å². The minimum Gasteiger partial charge on any atom is -0.464 e. The van der Waals surface area contributed by atoms with E-state index >= 15 is 0 Å². The number of methoxy groups -OCH3 is 1. The van der Waals surface area contributed by atoms with Crippen LogP contribution in [0, 0.1) is 6.92 Å². The Morgan fingerprint density at radius 1 is 1.47 bits per heavy atom. The number of hydrogen-bond donors (Lipinski definition) is 0. The van der Waals surface area contributed by atoms with Gasteiger partial charge in [0, 0.05) is 11.9 Å². The molecule has 2 heterocycles. The first-order valence-corrected chi connectivity index (χ1v) is 6.50. The predicted octanol–water partition coefficient (Wildman–Crippen LogP) is 1.66. The van der Waals surface area contributed by atoms with Crippen molar-refractivity contribution >= 4 is 23.1 Å². The van der Waals surface area contributed by atoms with E-state index in [0.29, 0.717) is 12.4 Å². The third-order valence-electron chi connectivity index (χ3n) is 2.63. The molecule has 0 unspecified atom stereocenters. The van der Waals surface area contributed by atoms with Crippen molar-refractivity contribution in [1.29, 1.82) is 0 Å². The summed E-state index contributed by atoms with van der Waals surface area (Å²) in [6.45, 7) is 2.64. The lowest BCUT2D eigenvalue weighted by Crippen LogP contribution is -2.19. The Balaban J connectivity index is 2.17. The Bertz CT molecular complexity index is 585. The summed E-state index contributed by atoms with van der Waals surface area (Å²) in [5.74, 6) is 0.132. The molecule has 0 aromatic carbocycles. The van der Waals surface area contributed by atoms with E-state index in [4.69, 9.17) is 0 Å². The smallest absolute Gasteiger partial charge is 0.358 e. The van der Waals surface area contributed by atoms with Crippen LogP contribution in [0.5, 0.6) is 0 Å². The van der Waals surface area contributed by atoms with Crippen molar-refractivity contribution in [3.63, 3.8) is 0 Å². The van der Waals surface area contributed by atoms with E-state index < -0.39 is 5.97 Å². The molecule has 100 valence electrons. The first-order valence-electron chi connectivity index (χ1n) is 5.62. The van der Waals surface area contributed by atoms with Crippen molar-refractivity contribution in [2.24, 2.45) is 0 Å². The van der Waals surface area contributed by atoms with Crippen molar-refractivity contribution < 1.29 is 9.53 Å². The molecule has 0 N–H and O–H groups in total. The molecule has 0 bridgehead atoms. The van der Waals surface area contributed by atoms with Gasteiger partial charge in [0.1, 0.15) is 5.82 Å². The summed E-state index contributed by atoms with van der Waals surface area (Å²) >= 11 is 1.59. The van der Waals surface area contributed by atoms with Gasteiger partial charge in [-0.15, -0.1) is 11.3 Å². The highest BCUT2D eigenvalue weighted by atomic mass is 32.1. The molecule has 2 aromatic heterocycles. The van der Waals surface area contributed by atoms with Gasteiger partial charge in [0.15, 0.2) is 5.69 Å². The highest BCUT2D eigenvalue weighted by molar-refractivity contribution is 7.09. The fraction of sp³-hybridized carbons (Fsp3) is 0.333. The maximum absolute atomic E-state index is 11.4. The quantitative estimate of drug-likeness (QED) is 0.792. The first-order chi connectivity index (χ1) is 9.11. The monoisotopic (exact) mass is 278 g/mol. The Hall–Kier alpha value is -2.02. The SMILES string of the molecule is COC(=O)c1cncc(N(C)Cc2scnc2C)n1.